The summed E-state index contributed by atoms with van der Waals surface area (Å²) >= 11 is 0. The Morgan fingerprint density at radius 3 is 2.76 bits per heavy atom. The highest BCUT2D eigenvalue weighted by atomic mass is 19.4. The first-order valence-corrected chi connectivity index (χ1v) is 6.18. The minimum atomic E-state index is -4.20. The minimum absolute atomic E-state index is 0.0410. The summed E-state index contributed by atoms with van der Waals surface area (Å²) < 4.78 is 43.1. The maximum atomic E-state index is 12.2. The largest absolute Gasteiger partial charge is 0.496 e. The van der Waals surface area contributed by atoms with Gasteiger partial charge < -0.3 is 10.5 Å². The van der Waals surface area contributed by atoms with Crippen LogP contribution < -0.4 is 10.5 Å². The van der Waals surface area contributed by atoms with Crippen LogP contribution in [0.5, 0.6) is 5.75 Å². The third kappa shape index (κ3) is 3.61. The number of tetrazole rings is 1. The highest BCUT2D eigenvalue weighted by molar-refractivity contribution is 5.77. The minimum Gasteiger partial charge on any atom is -0.496 e. The number of benzene rings is 1. The van der Waals surface area contributed by atoms with Gasteiger partial charge >= 0.3 is 6.18 Å². The van der Waals surface area contributed by atoms with Gasteiger partial charge in [-0.3, -0.25) is 0 Å². The van der Waals surface area contributed by atoms with Crippen molar-refractivity contribution in [3.63, 3.8) is 0 Å². The van der Waals surface area contributed by atoms with Gasteiger partial charge in [0.15, 0.2) is 5.82 Å². The standard InChI is InChI=1S/C12H14F3N5O/c1-21-9-5-2-4-8(16)10(9)11-17-18-19-20(11)7-3-6-12(13,14)15/h2,4-5H,3,6-7,16H2,1H3. The van der Waals surface area contributed by atoms with Crippen molar-refractivity contribution in [2.75, 3.05) is 12.8 Å². The van der Waals surface area contributed by atoms with Gasteiger partial charge in [-0.1, -0.05) is 6.07 Å². The summed E-state index contributed by atoms with van der Waals surface area (Å²) in [6, 6.07) is 5.03. The monoisotopic (exact) mass is 301 g/mol. The van der Waals surface area contributed by atoms with Gasteiger partial charge in [-0.2, -0.15) is 13.2 Å². The van der Waals surface area contributed by atoms with E-state index in [4.69, 9.17) is 10.5 Å². The fourth-order valence-corrected chi connectivity index (χ4v) is 1.92. The molecule has 0 fully saturated rings. The van der Waals surface area contributed by atoms with Crippen molar-refractivity contribution in [1.82, 2.24) is 20.2 Å². The molecule has 0 atom stereocenters. The summed E-state index contributed by atoms with van der Waals surface area (Å²) in [6.45, 7) is 0.0410. The van der Waals surface area contributed by atoms with Crippen molar-refractivity contribution >= 4 is 5.69 Å². The lowest BCUT2D eigenvalue weighted by Crippen LogP contribution is -2.11. The second kappa shape index (κ2) is 5.98. The first kappa shape index (κ1) is 15.1. The summed E-state index contributed by atoms with van der Waals surface area (Å²) in [7, 11) is 1.47. The molecular formula is C12H14F3N5O. The number of hydrogen-bond donors (Lipinski definition) is 1. The fraction of sp³-hybridized carbons (Fsp3) is 0.417. The van der Waals surface area contributed by atoms with Gasteiger partial charge in [0, 0.05) is 18.7 Å². The fourth-order valence-electron chi connectivity index (χ4n) is 1.92. The molecule has 2 N–H and O–H groups in total. The molecule has 114 valence electrons. The van der Waals surface area contributed by atoms with Crippen molar-refractivity contribution < 1.29 is 17.9 Å². The molecule has 0 aliphatic carbocycles. The van der Waals surface area contributed by atoms with Crippen LogP contribution in [0.15, 0.2) is 18.2 Å². The van der Waals surface area contributed by atoms with Crippen LogP contribution in [0.3, 0.4) is 0 Å². The van der Waals surface area contributed by atoms with Crippen molar-refractivity contribution in [3.05, 3.63) is 18.2 Å². The highest BCUT2D eigenvalue weighted by Crippen LogP contribution is 2.33. The van der Waals surface area contributed by atoms with Crippen LogP contribution in [0.1, 0.15) is 12.8 Å². The van der Waals surface area contributed by atoms with Crippen molar-refractivity contribution in [3.8, 4) is 17.1 Å². The lowest BCUT2D eigenvalue weighted by atomic mass is 10.1. The van der Waals surface area contributed by atoms with Crippen LogP contribution in [0.25, 0.3) is 11.4 Å². The Morgan fingerprint density at radius 1 is 1.33 bits per heavy atom. The van der Waals surface area contributed by atoms with E-state index in [1.807, 2.05) is 0 Å². The third-order valence-corrected chi connectivity index (χ3v) is 2.86. The Kier molecular flexibility index (Phi) is 4.29. The van der Waals surface area contributed by atoms with E-state index in [0.29, 0.717) is 17.0 Å². The van der Waals surface area contributed by atoms with E-state index in [1.54, 1.807) is 18.2 Å². The lowest BCUT2D eigenvalue weighted by molar-refractivity contribution is -0.136. The number of nitrogens with zero attached hydrogens (tertiary/aromatic N) is 4. The number of rotatable bonds is 5. The second-order valence-electron chi connectivity index (χ2n) is 4.37. The zero-order chi connectivity index (χ0) is 15.5. The zero-order valence-corrected chi connectivity index (χ0v) is 11.3. The molecule has 0 radical (unpaired) electrons. The topological polar surface area (TPSA) is 78.8 Å². The molecule has 21 heavy (non-hydrogen) atoms. The van der Waals surface area contributed by atoms with Crippen molar-refractivity contribution in [2.45, 2.75) is 25.6 Å². The molecule has 1 aromatic heterocycles. The average Bonchev–Trinajstić information content (AvgIpc) is 2.85. The van der Waals surface area contributed by atoms with Crippen LogP contribution in [-0.2, 0) is 6.54 Å². The van der Waals surface area contributed by atoms with Crippen molar-refractivity contribution in [1.29, 1.82) is 0 Å². The van der Waals surface area contributed by atoms with Crippen LogP contribution in [-0.4, -0.2) is 33.5 Å². The van der Waals surface area contributed by atoms with Crippen molar-refractivity contribution in [2.24, 2.45) is 0 Å². The van der Waals surface area contributed by atoms with Gasteiger partial charge in [-0.05, 0) is 29.0 Å². The molecule has 1 aromatic carbocycles. The van der Waals surface area contributed by atoms with E-state index in [2.05, 4.69) is 15.5 Å². The molecule has 0 amide bonds. The molecule has 0 aliphatic heterocycles. The molecule has 6 nitrogen and oxygen atoms in total. The Hall–Kier alpha value is -2.32. The number of anilines is 1. The van der Waals surface area contributed by atoms with Gasteiger partial charge in [0.05, 0.1) is 12.7 Å². The molecule has 0 bridgehead atoms. The lowest BCUT2D eigenvalue weighted by Gasteiger charge is -2.11. The van der Waals surface area contributed by atoms with Crippen LogP contribution in [0.4, 0.5) is 18.9 Å². The summed E-state index contributed by atoms with van der Waals surface area (Å²) in [5.41, 5.74) is 6.75. The summed E-state index contributed by atoms with van der Waals surface area (Å²) in [6.07, 6.45) is -5.21. The predicted octanol–water partition coefficient (Wildman–Crippen LogP) is 2.27. The van der Waals surface area contributed by atoms with E-state index in [0.717, 1.165) is 0 Å². The van der Waals surface area contributed by atoms with Gasteiger partial charge in [0.1, 0.15) is 5.75 Å². The van der Waals surface area contributed by atoms with E-state index >= 15 is 0 Å². The summed E-state index contributed by atoms with van der Waals surface area (Å²) in [5.74, 6) is 0.744. The molecular weight excluding hydrogens is 287 g/mol. The Balaban J connectivity index is 2.25. The van der Waals surface area contributed by atoms with E-state index in [9.17, 15) is 13.2 Å². The second-order valence-corrected chi connectivity index (χ2v) is 4.37. The predicted molar refractivity (Wildman–Crippen MR) is 69.5 cm³/mol. The highest BCUT2D eigenvalue weighted by Gasteiger charge is 2.26. The number of aromatic nitrogens is 4. The molecule has 0 spiro atoms. The van der Waals surface area contributed by atoms with Gasteiger partial charge in [-0.25, -0.2) is 4.68 Å². The maximum Gasteiger partial charge on any atom is 0.389 e. The van der Waals surface area contributed by atoms with Gasteiger partial charge in [0.2, 0.25) is 0 Å². The summed E-state index contributed by atoms with van der Waals surface area (Å²) in [4.78, 5) is 0. The van der Waals surface area contributed by atoms with Gasteiger partial charge in [-0.15, -0.1) is 5.10 Å². The van der Waals surface area contributed by atoms with Gasteiger partial charge in [0.25, 0.3) is 0 Å². The number of hydrogen-bond acceptors (Lipinski definition) is 5. The molecule has 2 aromatic rings. The van der Waals surface area contributed by atoms with E-state index in [1.165, 1.54) is 11.8 Å². The Bertz CT molecular complexity index is 611. The third-order valence-electron chi connectivity index (χ3n) is 2.86. The molecule has 9 heteroatoms. The molecule has 0 saturated heterocycles. The first-order chi connectivity index (χ1) is 9.92. The summed E-state index contributed by atoms with van der Waals surface area (Å²) in [5, 5.41) is 11.0. The first-order valence-electron chi connectivity index (χ1n) is 6.18. The SMILES string of the molecule is COc1cccc(N)c1-c1nnnn1CCCC(F)(F)F. The molecule has 1 heterocycles. The van der Waals surface area contributed by atoms with Crippen LogP contribution in [0, 0.1) is 0 Å². The normalized spacial score (nSPS) is 11.6. The van der Waals surface area contributed by atoms with E-state index in [-0.39, 0.29) is 18.8 Å². The van der Waals surface area contributed by atoms with E-state index < -0.39 is 12.6 Å². The number of methoxy groups -OCH3 is 1. The molecule has 0 saturated carbocycles. The Labute approximate surface area is 118 Å². The number of halogens is 3. The van der Waals surface area contributed by atoms with Crippen LogP contribution in [0.2, 0.25) is 0 Å². The number of alkyl halides is 3. The number of ether oxygens (including phenoxy) is 1. The zero-order valence-electron chi connectivity index (χ0n) is 11.3. The molecule has 0 aliphatic rings. The number of aryl methyl sites for hydroxylation is 1. The molecule has 0 unspecified atom stereocenters. The smallest absolute Gasteiger partial charge is 0.389 e. The Morgan fingerprint density at radius 2 is 2.10 bits per heavy atom. The average molecular weight is 301 g/mol. The number of nitrogens with two attached hydrogens (primary N) is 1. The quantitative estimate of drug-likeness (QED) is 0.857. The molecule has 2 rings (SSSR count). The number of nitrogen functional groups attached to an aromatic ring is 1. The maximum absolute atomic E-state index is 12.2. The van der Waals surface area contributed by atoms with Crippen LogP contribution >= 0.6 is 0 Å².